The number of hydrogen-bond acceptors (Lipinski definition) is 9. The summed E-state index contributed by atoms with van der Waals surface area (Å²) in [6.45, 7) is 5.69. The van der Waals surface area contributed by atoms with E-state index in [1.54, 1.807) is 77.5 Å². The number of aromatic nitrogens is 2. The molecule has 0 aliphatic carbocycles. The van der Waals surface area contributed by atoms with E-state index in [1.165, 1.54) is 10.8 Å². The predicted molar refractivity (Wildman–Crippen MR) is 167 cm³/mol. The van der Waals surface area contributed by atoms with Crippen molar-refractivity contribution in [3.8, 4) is 11.5 Å². The predicted octanol–water partition coefficient (Wildman–Crippen LogP) is 5.22. The molecule has 2 aromatic heterocycles. The van der Waals surface area contributed by atoms with Gasteiger partial charge in [-0.05, 0) is 62.2 Å². The van der Waals surface area contributed by atoms with Crippen molar-refractivity contribution in [1.82, 2.24) is 14.9 Å². The van der Waals surface area contributed by atoms with E-state index in [1.807, 2.05) is 12.1 Å². The second kappa shape index (κ2) is 12.3. The van der Waals surface area contributed by atoms with Gasteiger partial charge >= 0.3 is 5.97 Å². The smallest absolute Gasteiger partial charge is 0.341 e. The third-order valence-corrected chi connectivity index (χ3v) is 7.66. The number of ether oxygens (including phenoxy) is 3. The van der Waals surface area contributed by atoms with Crippen molar-refractivity contribution < 1.29 is 23.8 Å². The normalized spacial score (nSPS) is 15.3. The van der Waals surface area contributed by atoms with Gasteiger partial charge in [-0.2, -0.15) is 0 Å². The molecule has 3 N–H and O–H groups in total. The molecule has 0 saturated carbocycles. The summed E-state index contributed by atoms with van der Waals surface area (Å²) in [4.78, 5) is 44.5. The van der Waals surface area contributed by atoms with Gasteiger partial charge in [-0.15, -0.1) is 0 Å². The number of nitrogens with one attached hydrogen (secondary N) is 3. The first-order chi connectivity index (χ1) is 21.1. The number of hydrogen-bond donors (Lipinski definition) is 3. The fourth-order valence-electron chi connectivity index (χ4n) is 5.23. The van der Waals surface area contributed by atoms with Crippen molar-refractivity contribution in [1.29, 1.82) is 0 Å². The summed E-state index contributed by atoms with van der Waals surface area (Å²) < 4.78 is 17.4. The molecule has 2 aromatic carbocycles. The van der Waals surface area contributed by atoms with Crippen LogP contribution in [0.15, 0.2) is 65.6 Å². The number of anilines is 3. The summed E-state index contributed by atoms with van der Waals surface area (Å²) in [5.74, 6) is 0.728. The van der Waals surface area contributed by atoms with Gasteiger partial charge in [0.2, 0.25) is 0 Å². The number of carbonyl (C=O) groups is 2. The zero-order chi connectivity index (χ0) is 31.6. The van der Waals surface area contributed by atoms with Crippen LogP contribution in [0.1, 0.15) is 51.4 Å². The van der Waals surface area contributed by atoms with Gasteiger partial charge in [-0.25, -0.2) is 9.78 Å². The molecule has 0 radical (unpaired) electrons. The SMILES string of the molecule is CCOC(=O)c1cnc(NCc2ccc(OC)cc2OC)cc1Nc1cc(C)c2n(c1=O)C(C)(c1cccc(Cl)c1)NC2=O. The van der Waals surface area contributed by atoms with E-state index in [2.05, 4.69) is 20.9 Å². The van der Waals surface area contributed by atoms with Gasteiger partial charge in [0.1, 0.15) is 39.9 Å². The van der Waals surface area contributed by atoms with Gasteiger partial charge in [0, 0.05) is 35.5 Å². The number of nitrogens with zero attached hydrogens (tertiary/aromatic N) is 2. The monoisotopic (exact) mass is 617 g/mol. The van der Waals surface area contributed by atoms with Crippen molar-refractivity contribution in [2.45, 2.75) is 33.0 Å². The highest BCUT2D eigenvalue weighted by molar-refractivity contribution is 6.30. The Morgan fingerprint density at radius 1 is 1.07 bits per heavy atom. The summed E-state index contributed by atoms with van der Waals surface area (Å²) in [6.07, 6.45) is 1.38. The summed E-state index contributed by atoms with van der Waals surface area (Å²) >= 11 is 6.26. The maximum atomic E-state index is 14.1. The highest BCUT2D eigenvalue weighted by atomic mass is 35.5. The Morgan fingerprint density at radius 2 is 1.86 bits per heavy atom. The standard InChI is InChI=1S/C32H32ClN5O6/c1-6-44-31(41)23-17-35-27(34-16-19-10-11-22(42-4)14-26(19)43-5)15-24(23)36-25-12-18(2)28-29(39)37-32(3,38(28)30(25)40)20-8-7-9-21(33)13-20/h7-15,17H,6,16H2,1-5H3,(H,37,39)(H2,34,35,36). The third-order valence-electron chi connectivity index (χ3n) is 7.42. The third kappa shape index (κ3) is 5.66. The number of aryl methyl sites for hydroxylation is 1. The molecule has 12 heteroatoms. The molecule has 1 atom stereocenters. The van der Waals surface area contributed by atoms with Gasteiger partial charge in [0.05, 0.1) is 26.5 Å². The molecule has 0 saturated heterocycles. The van der Waals surface area contributed by atoms with Crippen LogP contribution in [-0.2, 0) is 16.9 Å². The van der Waals surface area contributed by atoms with E-state index >= 15 is 0 Å². The summed E-state index contributed by atoms with van der Waals surface area (Å²) in [5, 5.41) is 9.77. The molecule has 11 nitrogen and oxygen atoms in total. The Hall–Kier alpha value is -5.03. The van der Waals surface area contributed by atoms with Crippen molar-refractivity contribution >= 4 is 40.7 Å². The lowest BCUT2D eigenvalue weighted by molar-refractivity contribution is 0.0527. The van der Waals surface area contributed by atoms with Crippen LogP contribution < -0.4 is 31.0 Å². The lowest BCUT2D eigenvalue weighted by atomic mass is 10.0. The molecular weight excluding hydrogens is 586 g/mol. The minimum atomic E-state index is -1.21. The Labute approximate surface area is 259 Å². The van der Waals surface area contributed by atoms with E-state index in [9.17, 15) is 14.4 Å². The number of halogens is 1. The van der Waals surface area contributed by atoms with Crippen LogP contribution in [0, 0.1) is 6.92 Å². The Balaban J connectivity index is 1.54. The maximum absolute atomic E-state index is 14.1. The fourth-order valence-corrected chi connectivity index (χ4v) is 5.42. The molecule has 1 aliphatic heterocycles. The van der Waals surface area contributed by atoms with Crippen molar-refractivity contribution in [3.63, 3.8) is 0 Å². The zero-order valence-corrected chi connectivity index (χ0v) is 25.7. The van der Waals surface area contributed by atoms with Crippen LogP contribution in [-0.4, -0.2) is 42.3 Å². The Morgan fingerprint density at radius 3 is 2.57 bits per heavy atom. The van der Waals surface area contributed by atoms with Gasteiger partial charge in [0.15, 0.2) is 0 Å². The molecular formula is C32H32ClN5O6. The minimum Gasteiger partial charge on any atom is -0.497 e. The van der Waals surface area contributed by atoms with E-state index in [4.69, 9.17) is 25.8 Å². The fraction of sp³-hybridized carbons (Fsp3) is 0.250. The number of rotatable bonds is 10. The van der Waals surface area contributed by atoms with Crippen molar-refractivity contribution in [3.05, 3.63) is 104 Å². The Bertz CT molecular complexity index is 1820. The topological polar surface area (TPSA) is 133 Å². The molecule has 44 heavy (non-hydrogen) atoms. The van der Waals surface area contributed by atoms with E-state index in [0.29, 0.717) is 45.7 Å². The van der Waals surface area contributed by atoms with Crippen LogP contribution >= 0.6 is 11.6 Å². The highest BCUT2D eigenvalue weighted by Crippen LogP contribution is 2.33. The lowest BCUT2D eigenvalue weighted by Gasteiger charge is -2.28. The summed E-state index contributed by atoms with van der Waals surface area (Å²) in [6, 6.07) is 15.6. The van der Waals surface area contributed by atoms with Gasteiger partial charge in [-0.1, -0.05) is 23.7 Å². The van der Waals surface area contributed by atoms with Crippen LogP contribution in [0.2, 0.25) is 5.02 Å². The molecule has 5 rings (SSSR count). The minimum absolute atomic E-state index is 0.133. The molecule has 4 aromatic rings. The van der Waals surface area contributed by atoms with Crippen LogP contribution in [0.5, 0.6) is 11.5 Å². The highest BCUT2D eigenvalue weighted by Gasteiger charge is 2.42. The molecule has 3 heterocycles. The van der Waals surface area contributed by atoms with Gasteiger partial charge in [-0.3, -0.25) is 14.2 Å². The number of amides is 1. The van der Waals surface area contributed by atoms with E-state index in [-0.39, 0.29) is 29.5 Å². The van der Waals surface area contributed by atoms with Crippen LogP contribution in [0.3, 0.4) is 0 Å². The van der Waals surface area contributed by atoms with E-state index < -0.39 is 17.2 Å². The number of methoxy groups -OCH3 is 2. The largest absolute Gasteiger partial charge is 0.497 e. The summed E-state index contributed by atoms with van der Waals surface area (Å²) in [5.41, 5.74) is 1.17. The maximum Gasteiger partial charge on any atom is 0.341 e. The number of fused-ring (bicyclic) bond motifs is 1. The molecule has 1 aliphatic rings. The van der Waals surface area contributed by atoms with Gasteiger partial charge in [0.25, 0.3) is 11.5 Å². The first-order valence-electron chi connectivity index (χ1n) is 13.8. The molecule has 0 bridgehead atoms. The molecule has 1 amide bonds. The second-order valence-electron chi connectivity index (χ2n) is 10.3. The van der Waals surface area contributed by atoms with Crippen LogP contribution in [0.4, 0.5) is 17.2 Å². The molecule has 228 valence electrons. The first-order valence-corrected chi connectivity index (χ1v) is 14.2. The lowest BCUT2D eigenvalue weighted by Crippen LogP contribution is -2.46. The van der Waals surface area contributed by atoms with Crippen molar-refractivity contribution in [2.24, 2.45) is 0 Å². The number of pyridine rings is 2. The van der Waals surface area contributed by atoms with E-state index in [0.717, 1.165) is 5.56 Å². The van der Waals surface area contributed by atoms with Crippen molar-refractivity contribution in [2.75, 3.05) is 31.5 Å². The number of benzene rings is 2. The zero-order valence-electron chi connectivity index (χ0n) is 24.9. The number of esters is 1. The Kier molecular flexibility index (Phi) is 8.50. The molecule has 0 spiro atoms. The first kappa shape index (κ1) is 30.4. The van der Waals surface area contributed by atoms with Crippen LogP contribution in [0.25, 0.3) is 0 Å². The average molecular weight is 618 g/mol. The average Bonchev–Trinajstić information content (AvgIpc) is 3.30. The molecule has 1 unspecified atom stereocenters. The number of carbonyl (C=O) groups excluding carboxylic acids is 2. The molecule has 0 fully saturated rings. The van der Waals surface area contributed by atoms with Gasteiger partial charge < -0.3 is 30.2 Å². The quantitative estimate of drug-likeness (QED) is 0.205. The summed E-state index contributed by atoms with van der Waals surface area (Å²) in [7, 11) is 3.15. The second-order valence-corrected chi connectivity index (χ2v) is 10.7.